The Kier molecular flexibility index (Phi) is 8.61. The summed E-state index contributed by atoms with van der Waals surface area (Å²) >= 11 is 0. The minimum atomic E-state index is -1.71. The molecular weight excluding hydrogens is 396 g/mol. The van der Waals surface area contributed by atoms with Crippen LogP contribution in [-0.2, 0) is 4.12 Å². The van der Waals surface area contributed by atoms with Crippen LogP contribution in [-0.4, -0.2) is 29.8 Å². The number of anilines is 2. The molecule has 0 aliphatic carbocycles. The molecule has 0 fully saturated rings. The summed E-state index contributed by atoms with van der Waals surface area (Å²) < 4.78 is 18.3. The number of benzene rings is 2. The van der Waals surface area contributed by atoms with Gasteiger partial charge in [-0.2, -0.15) is 0 Å². The van der Waals surface area contributed by atoms with Gasteiger partial charge < -0.3 is 25.1 Å². The van der Waals surface area contributed by atoms with E-state index in [4.69, 9.17) is 25.1 Å². The molecular formula is C22H36N2O3Si2. The summed E-state index contributed by atoms with van der Waals surface area (Å²) in [6, 6.07) is 17.3. The maximum Gasteiger partial charge on any atom is 0.173 e. The van der Waals surface area contributed by atoms with Crippen molar-refractivity contribution >= 4 is 28.0 Å². The van der Waals surface area contributed by atoms with Crippen LogP contribution in [0.2, 0.25) is 38.3 Å². The third-order valence-corrected chi connectivity index (χ3v) is 12.2. The second kappa shape index (κ2) is 10.7. The number of nitrogens with two attached hydrogens (primary N) is 2. The van der Waals surface area contributed by atoms with E-state index in [1.165, 1.54) is 0 Å². The first kappa shape index (κ1) is 23.3. The van der Waals surface area contributed by atoms with Gasteiger partial charge in [0, 0.05) is 11.4 Å². The molecule has 0 amide bonds. The maximum absolute atomic E-state index is 6.69. The summed E-state index contributed by atoms with van der Waals surface area (Å²) in [4.78, 5) is 0. The zero-order valence-corrected chi connectivity index (χ0v) is 20.2. The monoisotopic (exact) mass is 432 g/mol. The molecule has 5 nitrogen and oxygen atoms in total. The van der Waals surface area contributed by atoms with Crippen molar-refractivity contribution in [1.29, 1.82) is 0 Å². The summed E-state index contributed by atoms with van der Waals surface area (Å²) in [7, 11) is -3.42. The molecule has 0 heterocycles. The van der Waals surface area contributed by atoms with Gasteiger partial charge in [0.25, 0.3) is 0 Å². The fourth-order valence-corrected chi connectivity index (χ4v) is 12.1. The number of ether oxygens (including phenoxy) is 2. The highest BCUT2D eigenvalue weighted by Crippen LogP contribution is 2.24. The van der Waals surface area contributed by atoms with Gasteiger partial charge >= 0.3 is 0 Å². The first-order valence-electron chi connectivity index (χ1n) is 10.3. The SMILES string of the molecule is C[Si](C)(CCCOc1ccc(N)cc1)O[Si](C)(C)CCCOc1ccc(N)cc1. The lowest BCUT2D eigenvalue weighted by molar-refractivity contribution is 0.312. The molecule has 2 rings (SSSR count). The van der Waals surface area contributed by atoms with Gasteiger partial charge in [-0.3, -0.25) is 0 Å². The topological polar surface area (TPSA) is 79.7 Å². The van der Waals surface area contributed by atoms with Crippen LogP contribution in [0.4, 0.5) is 11.4 Å². The van der Waals surface area contributed by atoms with Gasteiger partial charge in [0.2, 0.25) is 0 Å². The fraction of sp³-hybridized carbons (Fsp3) is 0.455. The molecule has 160 valence electrons. The largest absolute Gasteiger partial charge is 0.494 e. The van der Waals surface area contributed by atoms with E-state index in [1.807, 2.05) is 48.5 Å². The highest BCUT2D eigenvalue weighted by Gasteiger charge is 2.32. The third kappa shape index (κ3) is 9.38. The van der Waals surface area contributed by atoms with Gasteiger partial charge in [-0.1, -0.05) is 0 Å². The molecule has 4 N–H and O–H groups in total. The Morgan fingerprint density at radius 3 is 1.31 bits per heavy atom. The lowest BCUT2D eigenvalue weighted by Crippen LogP contribution is -2.44. The van der Waals surface area contributed by atoms with E-state index in [1.54, 1.807) is 0 Å². The van der Waals surface area contributed by atoms with E-state index in [2.05, 4.69) is 26.2 Å². The lowest BCUT2D eigenvalue weighted by atomic mass is 10.3. The Morgan fingerprint density at radius 2 is 0.966 bits per heavy atom. The molecule has 0 saturated heterocycles. The molecule has 2 aromatic carbocycles. The summed E-state index contributed by atoms with van der Waals surface area (Å²) in [6.45, 7) is 10.7. The van der Waals surface area contributed by atoms with Gasteiger partial charge in [-0.05, 0) is 99.6 Å². The molecule has 0 spiro atoms. The van der Waals surface area contributed by atoms with E-state index >= 15 is 0 Å². The Balaban J connectivity index is 1.65. The second-order valence-electron chi connectivity index (χ2n) is 8.66. The minimum Gasteiger partial charge on any atom is -0.494 e. The quantitative estimate of drug-likeness (QED) is 0.262. The van der Waals surface area contributed by atoms with Gasteiger partial charge in [0.05, 0.1) is 13.2 Å². The zero-order chi connectivity index (χ0) is 21.3. The standard InChI is InChI=1S/C22H36N2O3Si2/c1-28(2,17-5-15-25-21-11-7-19(23)8-12-21)27-29(3,4)18-6-16-26-22-13-9-20(24)10-14-22/h7-14H,5-6,15-18,23-24H2,1-4H3. The summed E-state index contributed by atoms with van der Waals surface area (Å²) in [5, 5.41) is 0. The molecule has 0 aliphatic heterocycles. The van der Waals surface area contributed by atoms with Crippen LogP contribution in [0.5, 0.6) is 11.5 Å². The Labute approximate surface area is 177 Å². The summed E-state index contributed by atoms with van der Waals surface area (Å²) in [5.41, 5.74) is 12.9. The normalized spacial score (nSPS) is 12.0. The van der Waals surface area contributed by atoms with Crippen LogP contribution in [0.1, 0.15) is 12.8 Å². The molecule has 2 aromatic rings. The van der Waals surface area contributed by atoms with Crippen molar-refractivity contribution in [3.05, 3.63) is 48.5 Å². The van der Waals surface area contributed by atoms with E-state index in [0.29, 0.717) is 13.2 Å². The molecule has 0 aliphatic rings. The van der Waals surface area contributed by atoms with Crippen LogP contribution in [0.3, 0.4) is 0 Å². The predicted octanol–water partition coefficient (Wildman–Crippen LogP) is 5.52. The van der Waals surface area contributed by atoms with Gasteiger partial charge in [-0.25, -0.2) is 0 Å². The average Bonchev–Trinajstić information content (AvgIpc) is 2.64. The Hall–Kier alpha value is -1.97. The van der Waals surface area contributed by atoms with Gasteiger partial charge in [0.1, 0.15) is 11.5 Å². The van der Waals surface area contributed by atoms with E-state index < -0.39 is 16.6 Å². The van der Waals surface area contributed by atoms with Crippen molar-refractivity contribution in [3.8, 4) is 11.5 Å². The van der Waals surface area contributed by atoms with Crippen LogP contribution in [0.15, 0.2) is 48.5 Å². The van der Waals surface area contributed by atoms with Crippen molar-refractivity contribution in [1.82, 2.24) is 0 Å². The zero-order valence-electron chi connectivity index (χ0n) is 18.2. The molecule has 0 aromatic heterocycles. The first-order chi connectivity index (χ1) is 13.7. The predicted molar refractivity (Wildman–Crippen MR) is 128 cm³/mol. The lowest BCUT2D eigenvalue weighted by Gasteiger charge is -2.34. The van der Waals surface area contributed by atoms with Crippen LogP contribution >= 0.6 is 0 Å². The third-order valence-electron chi connectivity index (χ3n) is 4.70. The van der Waals surface area contributed by atoms with Crippen molar-refractivity contribution in [3.63, 3.8) is 0 Å². The molecule has 0 saturated carbocycles. The van der Waals surface area contributed by atoms with Gasteiger partial charge in [-0.15, -0.1) is 0 Å². The molecule has 0 atom stereocenters. The highest BCUT2D eigenvalue weighted by molar-refractivity contribution is 6.84. The van der Waals surface area contributed by atoms with E-state index in [-0.39, 0.29) is 0 Å². The van der Waals surface area contributed by atoms with Crippen LogP contribution < -0.4 is 20.9 Å². The first-order valence-corrected chi connectivity index (χ1v) is 16.6. The summed E-state index contributed by atoms with van der Waals surface area (Å²) in [5.74, 6) is 1.74. The van der Waals surface area contributed by atoms with Gasteiger partial charge in [0.15, 0.2) is 16.6 Å². The molecule has 29 heavy (non-hydrogen) atoms. The molecule has 0 bridgehead atoms. The molecule has 0 unspecified atom stereocenters. The van der Waals surface area contributed by atoms with Crippen LogP contribution in [0, 0.1) is 0 Å². The summed E-state index contributed by atoms with van der Waals surface area (Å²) in [6.07, 6.45) is 2.02. The van der Waals surface area contributed by atoms with Crippen molar-refractivity contribution in [2.75, 3.05) is 24.7 Å². The maximum atomic E-state index is 6.69. The minimum absolute atomic E-state index is 0.709. The number of hydrogen-bond acceptors (Lipinski definition) is 5. The smallest absolute Gasteiger partial charge is 0.173 e. The molecule has 7 heteroatoms. The fourth-order valence-electron chi connectivity index (χ4n) is 3.35. The number of nitrogen functional groups attached to an aromatic ring is 2. The van der Waals surface area contributed by atoms with Crippen LogP contribution in [0.25, 0.3) is 0 Å². The number of rotatable bonds is 12. The molecule has 0 radical (unpaired) electrons. The van der Waals surface area contributed by atoms with Crippen molar-refractivity contribution in [2.45, 2.75) is 51.1 Å². The van der Waals surface area contributed by atoms with Crippen molar-refractivity contribution in [2.24, 2.45) is 0 Å². The van der Waals surface area contributed by atoms with Crippen molar-refractivity contribution < 1.29 is 13.6 Å². The highest BCUT2D eigenvalue weighted by atomic mass is 28.4. The second-order valence-corrected chi connectivity index (χ2v) is 17.5. The Bertz CT molecular complexity index is 671. The van der Waals surface area contributed by atoms with E-state index in [0.717, 1.165) is 47.8 Å². The average molecular weight is 433 g/mol. The number of hydrogen-bond donors (Lipinski definition) is 2. The van der Waals surface area contributed by atoms with E-state index in [9.17, 15) is 0 Å². The Morgan fingerprint density at radius 1 is 0.621 bits per heavy atom.